The highest BCUT2D eigenvalue weighted by molar-refractivity contribution is 5.95. The fourth-order valence-corrected chi connectivity index (χ4v) is 5.25. The Morgan fingerprint density at radius 2 is 2.20 bits per heavy atom. The summed E-state index contributed by atoms with van der Waals surface area (Å²) >= 11 is 0. The largest absolute Gasteiger partial charge is 0.481 e. The first-order valence-electron chi connectivity index (χ1n) is 8.44. The summed E-state index contributed by atoms with van der Waals surface area (Å²) in [7, 11) is 0. The minimum absolute atomic E-state index is 0.0321. The number of Topliss-reactive ketones (excluding diaryl/α,β-unsaturated/α-hetero) is 1. The smallest absolute Gasteiger partial charge is 0.310 e. The quantitative estimate of drug-likeness (QED) is 0.810. The molecule has 2 bridgehead atoms. The lowest BCUT2D eigenvalue weighted by Gasteiger charge is -2.43. The number of carboxylic acid groups (broad SMARTS) is 1. The lowest BCUT2D eigenvalue weighted by atomic mass is 9.71. The summed E-state index contributed by atoms with van der Waals surface area (Å²) < 4.78 is 11.5. The molecule has 4 aliphatic heterocycles. The van der Waals surface area contributed by atoms with Crippen LogP contribution >= 0.6 is 0 Å². The van der Waals surface area contributed by atoms with Gasteiger partial charge in [-0.25, -0.2) is 0 Å². The minimum Gasteiger partial charge on any atom is -0.481 e. The lowest BCUT2D eigenvalue weighted by Crippen LogP contribution is -2.55. The van der Waals surface area contributed by atoms with Crippen molar-refractivity contribution in [1.29, 1.82) is 0 Å². The van der Waals surface area contributed by atoms with Gasteiger partial charge in [-0.15, -0.1) is 0 Å². The van der Waals surface area contributed by atoms with Gasteiger partial charge in [0.25, 0.3) is 0 Å². The number of aliphatic carboxylic acids is 1. The molecule has 3 saturated heterocycles. The molecular weight excluding hydrogens is 326 g/mol. The summed E-state index contributed by atoms with van der Waals surface area (Å²) in [6, 6.07) is 2.44. The molecule has 0 unspecified atom stereocenters. The number of furan rings is 1. The second-order valence-electron chi connectivity index (χ2n) is 7.32. The number of amides is 1. The number of nitrogens with zero attached hydrogens (tertiary/aromatic N) is 1. The number of rotatable bonds is 2. The first kappa shape index (κ1) is 14.9. The predicted molar refractivity (Wildman–Crippen MR) is 82.2 cm³/mol. The number of ether oxygens (including phenoxy) is 1. The molecule has 3 fully saturated rings. The number of hydrogen-bond acceptors (Lipinski definition) is 5. The van der Waals surface area contributed by atoms with Gasteiger partial charge >= 0.3 is 5.97 Å². The van der Waals surface area contributed by atoms with Crippen molar-refractivity contribution in [2.75, 3.05) is 0 Å². The summed E-state index contributed by atoms with van der Waals surface area (Å²) in [5.41, 5.74) is -1.04. The van der Waals surface area contributed by atoms with Crippen LogP contribution in [0.25, 0.3) is 0 Å². The van der Waals surface area contributed by atoms with Crippen LogP contribution in [0.3, 0.4) is 0 Å². The monoisotopic (exact) mass is 343 g/mol. The van der Waals surface area contributed by atoms with E-state index < -0.39 is 47.5 Å². The van der Waals surface area contributed by atoms with Crippen molar-refractivity contribution in [1.82, 2.24) is 4.90 Å². The van der Waals surface area contributed by atoms with Gasteiger partial charge in [0.05, 0.1) is 30.4 Å². The molecule has 25 heavy (non-hydrogen) atoms. The Kier molecular flexibility index (Phi) is 2.74. The average Bonchev–Trinajstić information content (AvgIpc) is 3.32. The van der Waals surface area contributed by atoms with Crippen molar-refractivity contribution in [3.8, 4) is 0 Å². The summed E-state index contributed by atoms with van der Waals surface area (Å²) in [6.07, 6.45) is 4.59. The number of hydrogen-bond donors (Lipinski definition) is 1. The Hall–Kier alpha value is -2.41. The Labute approximate surface area is 143 Å². The van der Waals surface area contributed by atoms with Gasteiger partial charge < -0.3 is 19.2 Å². The highest BCUT2D eigenvalue weighted by Crippen LogP contribution is 2.59. The fraction of sp³-hybridized carbons (Fsp3) is 0.500. The van der Waals surface area contributed by atoms with Crippen LogP contribution in [0.4, 0.5) is 0 Å². The van der Waals surface area contributed by atoms with Gasteiger partial charge in [0, 0.05) is 12.3 Å². The third kappa shape index (κ3) is 1.62. The molecule has 7 atom stereocenters. The number of carbonyl (C=O) groups excluding carboxylic acids is 2. The normalized spacial score (nSPS) is 44.3. The van der Waals surface area contributed by atoms with Crippen LogP contribution in [-0.4, -0.2) is 45.4 Å². The number of piperidine rings is 1. The molecule has 130 valence electrons. The molecule has 0 aromatic carbocycles. The number of fused-ring (bicyclic) bond motifs is 2. The van der Waals surface area contributed by atoms with E-state index in [1.54, 1.807) is 36.1 Å². The topological polar surface area (TPSA) is 97.1 Å². The van der Waals surface area contributed by atoms with Crippen molar-refractivity contribution in [2.45, 2.75) is 37.1 Å². The van der Waals surface area contributed by atoms with E-state index in [0.717, 1.165) is 0 Å². The molecule has 0 saturated carbocycles. The van der Waals surface area contributed by atoms with Crippen LogP contribution in [0.1, 0.15) is 25.1 Å². The van der Waals surface area contributed by atoms with Crippen LogP contribution in [0.5, 0.6) is 0 Å². The van der Waals surface area contributed by atoms with Crippen LogP contribution in [0, 0.1) is 17.8 Å². The van der Waals surface area contributed by atoms with E-state index in [2.05, 4.69) is 0 Å². The van der Waals surface area contributed by atoms with Gasteiger partial charge in [-0.1, -0.05) is 19.1 Å². The molecule has 4 aliphatic rings. The van der Waals surface area contributed by atoms with Crippen molar-refractivity contribution in [2.24, 2.45) is 17.8 Å². The van der Waals surface area contributed by atoms with E-state index in [1.165, 1.54) is 6.26 Å². The highest BCUT2D eigenvalue weighted by Gasteiger charge is 2.74. The molecule has 0 aliphatic carbocycles. The van der Waals surface area contributed by atoms with Gasteiger partial charge in [0.1, 0.15) is 23.1 Å². The van der Waals surface area contributed by atoms with Gasteiger partial charge in [-0.05, 0) is 12.1 Å². The maximum absolute atomic E-state index is 13.3. The first-order valence-corrected chi connectivity index (χ1v) is 8.44. The fourth-order valence-electron chi connectivity index (χ4n) is 5.25. The van der Waals surface area contributed by atoms with Crippen molar-refractivity contribution >= 4 is 17.7 Å². The SMILES string of the molecule is C[C@@H]1C(=O)C[C@@H](c2ccco2)N2C(=O)[C@@H]3[C@H](C(=O)O)[C@H]4C=C[C@@]3(O4)[C@@H]12. The third-order valence-electron chi connectivity index (χ3n) is 6.24. The summed E-state index contributed by atoms with van der Waals surface area (Å²) in [4.78, 5) is 39.3. The Balaban J connectivity index is 1.67. The van der Waals surface area contributed by atoms with Crippen molar-refractivity contribution < 1.29 is 28.6 Å². The average molecular weight is 343 g/mol. The van der Waals surface area contributed by atoms with Crippen LogP contribution in [-0.2, 0) is 19.1 Å². The molecule has 0 radical (unpaired) electrons. The second kappa shape index (κ2) is 4.60. The van der Waals surface area contributed by atoms with Crippen molar-refractivity contribution in [3.05, 3.63) is 36.3 Å². The molecule has 1 aromatic heterocycles. The standard InChI is InChI=1S/C18H17NO6/c1-8-10(20)7-9(11-3-2-6-24-11)19-15(8)18-5-4-12(25-18)13(17(22)23)14(18)16(19)21/h2-6,8-9,12-15H,7H2,1H3,(H,22,23)/t8-,9+,12-,13-,14+,15-,18+/m1/s1. The molecule has 5 rings (SSSR count). The predicted octanol–water partition coefficient (Wildman–Crippen LogP) is 1.16. The van der Waals surface area contributed by atoms with Crippen molar-refractivity contribution in [3.63, 3.8) is 0 Å². The summed E-state index contributed by atoms with van der Waals surface area (Å²) in [6.45, 7) is 1.79. The lowest BCUT2D eigenvalue weighted by molar-refractivity contribution is -0.152. The molecule has 1 N–H and O–H groups in total. The third-order valence-corrected chi connectivity index (χ3v) is 6.24. The number of ketones is 1. The Morgan fingerprint density at radius 1 is 1.40 bits per heavy atom. The first-order chi connectivity index (χ1) is 12.0. The summed E-state index contributed by atoms with van der Waals surface area (Å²) in [5, 5.41) is 9.63. The zero-order valence-corrected chi connectivity index (χ0v) is 13.5. The number of carboxylic acids is 1. The van der Waals surface area contributed by atoms with E-state index in [-0.39, 0.29) is 18.1 Å². The maximum atomic E-state index is 13.3. The number of carbonyl (C=O) groups is 3. The van der Waals surface area contributed by atoms with E-state index in [1.807, 2.05) is 0 Å². The molecule has 1 spiro atoms. The Morgan fingerprint density at radius 3 is 2.88 bits per heavy atom. The maximum Gasteiger partial charge on any atom is 0.310 e. The van der Waals surface area contributed by atoms with E-state index in [9.17, 15) is 19.5 Å². The van der Waals surface area contributed by atoms with E-state index in [4.69, 9.17) is 9.15 Å². The Bertz CT molecular complexity index is 814. The molecule has 1 amide bonds. The molecule has 1 aromatic rings. The zero-order chi connectivity index (χ0) is 17.5. The molecular formula is C18H17NO6. The van der Waals surface area contributed by atoms with Crippen LogP contribution in [0.15, 0.2) is 35.0 Å². The second-order valence-corrected chi connectivity index (χ2v) is 7.32. The van der Waals surface area contributed by atoms with E-state index >= 15 is 0 Å². The molecule has 7 heteroatoms. The highest BCUT2D eigenvalue weighted by atomic mass is 16.5. The van der Waals surface area contributed by atoms with Gasteiger partial charge in [-0.2, -0.15) is 0 Å². The van der Waals surface area contributed by atoms with Gasteiger partial charge in [0.2, 0.25) is 5.91 Å². The van der Waals surface area contributed by atoms with Crippen LogP contribution < -0.4 is 0 Å². The molecule has 7 nitrogen and oxygen atoms in total. The minimum atomic E-state index is -1.04. The van der Waals surface area contributed by atoms with Gasteiger partial charge in [-0.3, -0.25) is 14.4 Å². The van der Waals surface area contributed by atoms with Crippen LogP contribution in [0.2, 0.25) is 0 Å². The van der Waals surface area contributed by atoms with E-state index in [0.29, 0.717) is 5.76 Å². The summed E-state index contributed by atoms with van der Waals surface area (Å²) in [5.74, 6) is -2.85. The zero-order valence-electron chi connectivity index (χ0n) is 13.5. The van der Waals surface area contributed by atoms with Gasteiger partial charge in [0.15, 0.2) is 0 Å². The molecule has 5 heterocycles.